The first-order valence-corrected chi connectivity index (χ1v) is 7.12. The monoisotopic (exact) mass is 407 g/mol. The summed E-state index contributed by atoms with van der Waals surface area (Å²) in [5.41, 5.74) is 0.531. The first kappa shape index (κ1) is 15.1. The van der Waals surface area contributed by atoms with E-state index >= 15 is 0 Å². The van der Waals surface area contributed by atoms with Crippen LogP contribution in [0.5, 0.6) is 0 Å². The Morgan fingerprint density at radius 3 is 2.40 bits per heavy atom. The van der Waals surface area contributed by atoms with E-state index in [0.717, 1.165) is 3.57 Å². The molecule has 20 heavy (non-hydrogen) atoms. The second kappa shape index (κ2) is 5.61. The molecular formula is C13H11ClINO4. The number of cyclic esters (lactones) is 2. The molecule has 1 N–H and O–H groups in total. The number of hydrogen-bond acceptors (Lipinski definition) is 5. The Hall–Kier alpha value is -1.28. The second-order valence-electron chi connectivity index (χ2n) is 4.51. The summed E-state index contributed by atoms with van der Waals surface area (Å²) in [6.07, 6.45) is 1.27. The van der Waals surface area contributed by atoms with Crippen LogP contribution in [0.25, 0.3) is 0 Å². The number of carbonyl (C=O) groups excluding carboxylic acids is 2. The van der Waals surface area contributed by atoms with E-state index in [-0.39, 0.29) is 5.57 Å². The summed E-state index contributed by atoms with van der Waals surface area (Å²) in [5.74, 6) is -2.68. The van der Waals surface area contributed by atoms with Gasteiger partial charge < -0.3 is 14.8 Å². The van der Waals surface area contributed by atoms with Crippen LogP contribution in [0.15, 0.2) is 30.0 Å². The van der Waals surface area contributed by atoms with E-state index in [1.807, 2.05) is 0 Å². The molecule has 0 saturated carbocycles. The Balaban J connectivity index is 2.19. The maximum Gasteiger partial charge on any atom is 0.350 e. The Morgan fingerprint density at radius 2 is 1.85 bits per heavy atom. The fourth-order valence-corrected chi connectivity index (χ4v) is 2.56. The molecule has 1 aliphatic rings. The number of halogens is 2. The highest BCUT2D eigenvalue weighted by molar-refractivity contribution is 14.1. The van der Waals surface area contributed by atoms with Crippen LogP contribution in [0.1, 0.15) is 13.8 Å². The maximum absolute atomic E-state index is 11.7. The first-order chi connectivity index (χ1) is 9.28. The van der Waals surface area contributed by atoms with Gasteiger partial charge in [-0.05, 0) is 40.8 Å². The molecule has 1 heterocycles. The molecule has 0 aliphatic carbocycles. The predicted octanol–water partition coefficient (Wildman–Crippen LogP) is 3.08. The van der Waals surface area contributed by atoms with Gasteiger partial charge in [0.25, 0.3) is 5.79 Å². The van der Waals surface area contributed by atoms with E-state index in [1.54, 1.807) is 18.2 Å². The molecule has 0 unspecified atom stereocenters. The van der Waals surface area contributed by atoms with Gasteiger partial charge in [0.1, 0.15) is 0 Å². The number of rotatable bonds is 2. The van der Waals surface area contributed by atoms with Gasteiger partial charge in [-0.3, -0.25) is 0 Å². The standard InChI is InChI=1S/C13H11ClINO4/c1-13(2)19-11(17)8(12(18)20-13)6-16-10-4-3-7(14)5-9(10)15/h3-6,16H,1-2H3. The van der Waals surface area contributed by atoms with Crippen molar-refractivity contribution >= 4 is 51.8 Å². The summed E-state index contributed by atoms with van der Waals surface area (Å²) in [7, 11) is 0. The van der Waals surface area contributed by atoms with E-state index in [0.29, 0.717) is 10.7 Å². The van der Waals surface area contributed by atoms with Crippen molar-refractivity contribution in [1.82, 2.24) is 0 Å². The molecule has 0 aromatic heterocycles. The Kier molecular flexibility index (Phi) is 4.24. The zero-order chi connectivity index (χ0) is 14.9. The van der Waals surface area contributed by atoms with Gasteiger partial charge in [0.05, 0.1) is 5.69 Å². The van der Waals surface area contributed by atoms with Gasteiger partial charge in [0.15, 0.2) is 5.57 Å². The summed E-state index contributed by atoms with van der Waals surface area (Å²) < 4.78 is 10.8. The molecule has 106 valence electrons. The summed E-state index contributed by atoms with van der Waals surface area (Å²) in [5, 5.41) is 3.47. The smallest absolute Gasteiger partial charge is 0.350 e. The molecule has 2 rings (SSSR count). The molecule has 0 bridgehead atoms. The summed E-state index contributed by atoms with van der Waals surface area (Å²) >= 11 is 7.93. The highest BCUT2D eigenvalue weighted by atomic mass is 127. The fraction of sp³-hybridized carbons (Fsp3) is 0.231. The van der Waals surface area contributed by atoms with Crippen LogP contribution in [0.3, 0.4) is 0 Å². The number of esters is 2. The Morgan fingerprint density at radius 1 is 1.25 bits per heavy atom. The van der Waals surface area contributed by atoms with Crippen LogP contribution < -0.4 is 5.32 Å². The Bertz CT molecular complexity index is 590. The molecule has 0 spiro atoms. The lowest BCUT2D eigenvalue weighted by atomic mass is 10.2. The number of hydrogen-bond donors (Lipinski definition) is 1. The van der Waals surface area contributed by atoms with Crippen molar-refractivity contribution in [3.8, 4) is 0 Å². The summed E-state index contributed by atoms with van der Waals surface area (Å²) in [6, 6.07) is 5.19. The third-order valence-electron chi connectivity index (χ3n) is 2.42. The lowest BCUT2D eigenvalue weighted by Crippen LogP contribution is -2.42. The van der Waals surface area contributed by atoms with Gasteiger partial charge >= 0.3 is 11.9 Å². The molecular weight excluding hydrogens is 397 g/mol. The lowest BCUT2D eigenvalue weighted by Gasteiger charge is -2.29. The maximum atomic E-state index is 11.7. The fourth-order valence-electron chi connectivity index (χ4n) is 1.53. The van der Waals surface area contributed by atoms with Gasteiger partial charge in [0.2, 0.25) is 0 Å². The number of nitrogens with one attached hydrogen (secondary N) is 1. The third kappa shape index (κ3) is 3.43. The molecule has 7 heteroatoms. The van der Waals surface area contributed by atoms with Crippen LogP contribution in [0.2, 0.25) is 5.02 Å². The van der Waals surface area contributed by atoms with Gasteiger partial charge in [-0.25, -0.2) is 9.59 Å². The minimum Gasteiger partial charge on any atom is -0.419 e. The normalized spacial score (nSPS) is 17.3. The molecule has 0 amide bonds. The number of anilines is 1. The first-order valence-electron chi connectivity index (χ1n) is 5.67. The van der Waals surface area contributed by atoms with Crippen molar-refractivity contribution in [2.24, 2.45) is 0 Å². The highest BCUT2D eigenvalue weighted by Gasteiger charge is 2.38. The molecule has 1 fully saturated rings. The number of benzene rings is 1. The molecule has 1 saturated heterocycles. The molecule has 1 aliphatic heterocycles. The van der Waals surface area contributed by atoms with Crippen molar-refractivity contribution in [1.29, 1.82) is 0 Å². The summed E-state index contributed by atoms with van der Waals surface area (Å²) in [6.45, 7) is 2.99. The van der Waals surface area contributed by atoms with Gasteiger partial charge in [-0.15, -0.1) is 0 Å². The zero-order valence-corrected chi connectivity index (χ0v) is 13.6. The summed E-state index contributed by atoms with van der Waals surface area (Å²) in [4.78, 5) is 23.5. The van der Waals surface area contributed by atoms with Crippen molar-refractivity contribution < 1.29 is 19.1 Å². The van der Waals surface area contributed by atoms with E-state index in [1.165, 1.54) is 20.0 Å². The molecule has 1 aromatic rings. The van der Waals surface area contributed by atoms with Crippen LogP contribution in [-0.2, 0) is 19.1 Å². The van der Waals surface area contributed by atoms with E-state index in [4.69, 9.17) is 21.1 Å². The second-order valence-corrected chi connectivity index (χ2v) is 6.10. The Labute approximate surface area is 134 Å². The largest absolute Gasteiger partial charge is 0.419 e. The van der Waals surface area contributed by atoms with Crippen LogP contribution in [-0.4, -0.2) is 17.7 Å². The van der Waals surface area contributed by atoms with Gasteiger partial charge in [-0.2, -0.15) is 0 Å². The zero-order valence-electron chi connectivity index (χ0n) is 10.7. The third-order valence-corrected chi connectivity index (χ3v) is 3.55. The number of carbonyl (C=O) groups is 2. The molecule has 0 atom stereocenters. The van der Waals surface area contributed by atoms with Crippen molar-refractivity contribution in [2.45, 2.75) is 19.6 Å². The quantitative estimate of drug-likeness (QED) is 0.353. The lowest BCUT2D eigenvalue weighted by molar-refractivity contribution is -0.222. The van der Waals surface area contributed by atoms with E-state index in [2.05, 4.69) is 27.9 Å². The van der Waals surface area contributed by atoms with Gasteiger partial charge in [-0.1, -0.05) is 11.6 Å². The van der Waals surface area contributed by atoms with Crippen molar-refractivity contribution in [2.75, 3.05) is 5.32 Å². The van der Waals surface area contributed by atoms with Gasteiger partial charge in [0, 0.05) is 28.6 Å². The van der Waals surface area contributed by atoms with Crippen molar-refractivity contribution in [3.63, 3.8) is 0 Å². The van der Waals surface area contributed by atoms with Crippen LogP contribution >= 0.6 is 34.2 Å². The average molecular weight is 408 g/mol. The SMILES string of the molecule is CC1(C)OC(=O)C(=CNc2ccc(Cl)cc2I)C(=O)O1. The van der Waals surface area contributed by atoms with E-state index < -0.39 is 17.7 Å². The molecule has 1 aromatic carbocycles. The minimum absolute atomic E-state index is 0.185. The average Bonchev–Trinajstić information content (AvgIpc) is 2.28. The highest BCUT2D eigenvalue weighted by Crippen LogP contribution is 2.25. The minimum atomic E-state index is -1.24. The van der Waals surface area contributed by atoms with Crippen molar-refractivity contribution in [3.05, 3.63) is 38.6 Å². The molecule has 5 nitrogen and oxygen atoms in total. The van der Waals surface area contributed by atoms with E-state index in [9.17, 15) is 9.59 Å². The van der Waals surface area contributed by atoms with Crippen LogP contribution in [0, 0.1) is 3.57 Å². The predicted molar refractivity (Wildman–Crippen MR) is 82.1 cm³/mol. The van der Waals surface area contributed by atoms with Crippen LogP contribution in [0.4, 0.5) is 5.69 Å². The molecule has 0 radical (unpaired) electrons. The topological polar surface area (TPSA) is 64.6 Å². The number of ether oxygens (including phenoxy) is 2.